The van der Waals surface area contributed by atoms with Crippen molar-refractivity contribution >= 4 is 89.2 Å². The molecule has 0 radical (unpaired) electrons. The van der Waals surface area contributed by atoms with E-state index in [9.17, 15) is 71.9 Å². The van der Waals surface area contributed by atoms with Crippen LogP contribution in [0.25, 0.3) is 0 Å². The maximum atomic E-state index is 12.8. The fourth-order valence-electron chi connectivity index (χ4n) is 11.4. The van der Waals surface area contributed by atoms with Crippen LogP contribution in [0.2, 0.25) is 0 Å². The lowest BCUT2D eigenvalue weighted by Crippen LogP contribution is -2.66. The molecule has 0 aromatic carbocycles. The van der Waals surface area contributed by atoms with Gasteiger partial charge in [-0.15, -0.1) is 0 Å². The number of carbonyl (C=O) groups is 15. The molecule has 3 saturated heterocycles. The number of rotatable bonds is 60. The highest BCUT2D eigenvalue weighted by Crippen LogP contribution is 2.31. The summed E-state index contributed by atoms with van der Waals surface area (Å²) in [6, 6.07) is -3.48. The molecule has 0 saturated carbocycles. The first kappa shape index (κ1) is 105. The van der Waals surface area contributed by atoms with Crippen LogP contribution in [-0.4, -0.2) is 365 Å². The summed E-state index contributed by atoms with van der Waals surface area (Å²) in [5.74, 6) is -9.32. The molecule has 0 bridgehead atoms. The van der Waals surface area contributed by atoms with Crippen LogP contribution in [0.3, 0.4) is 0 Å². The number of carbonyl (C=O) groups excluding carboxylic acids is 15. The second kappa shape index (κ2) is 59.2. The molecule has 8 N–H and O–H groups in total. The van der Waals surface area contributed by atoms with Gasteiger partial charge in [0.15, 0.2) is 55.5 Å². The molecule has 0 aliphatic carbocycles. The van der Waals surface area contributed by atoms with E-state index in [4.69, 9.17) is 119 Å². The van der Waals surface area contributed by atoms with Gasteiger partial charge in [-0.1, -0.05) is 0 Å². The van der Waals surface area contributed by atoms with Gasteiger partial charge in [-0.05, 0) is 0 Å². The van der Waals surface area contributed by atoms with Gasteiger partial charge < -0.3 is 151 Å². The molecule has 3 fully saturated rings. The number of nitrogens with two attached hydrogens (primary N) is 1. The minimum Gasteiger partial charge on any atom is -0.463 e. The van der Waals surface area contributed by atoms with Crippen molar-refractivity contribution in [2.24, 2.45) is 5.73 Å². The lowest BCUT2D eigenvalue weighted by molar-refractivity contribution is -0.279. The molecule has 680 valence electrons. The van der Waals surface area contributed by atoms with Gasteiger partial charge in [0.05, 0.1) is 144 Å². The Labute approximate surface area is 688 Å². The largest absolute Gasteiger partial charge is 0.463 e. The van der Waals surface area contributed by atoms with Crippen LogP contribution in [0.1, 0.15) is 102 Å². The van der Waals surface area contributed by atoms with Crippen LogP contribution >= 0.6 is 0 Å². The number of ether oxygens (including phenoxy) is 24. The molecule has 0 spiro atoms. The second-order valence-electron chi connectivity index (χ2n) is 26.8. The first-order chi connectivity index (χ1) is 56.6. The molecular formula is C73H119N7O39. The quantitative estimate of drug-likeness (QED) is 0.0171. The van der Waals surface area contributed by atoms with Crippen molar-refractivity contribution in [1.29, 1.82) is 0 Å². The topological polar surface area (TPSA) is 576 Å². The summed E-state index contributed by atoms with van der Waals surface area (Å²) in [5.41, 5.74) is 5.39. The average molecular weight is 1720 g/mol. The number of hydrogen-bond acceptors (Lipinski definition) is 40. The number of hydrogen-bond donors (Lipinski definition) is 7. The van der Waals surface area contributed by atoms with Crippen LogP contribution in [0.4, 0.5) is 0 Å². The Morgan fingerprint density at radius 3 is 0.714 bits per heavy atom. The van der Waals surface area contributed by atoms with E-state index in [0.29, 0.717) is 0 Å². The zero-order chi connectivity index (χ0) is 88.2. The van der Waals surface area contributed by atoms with E-state index in [1.807, 2.05) is 0 Å². The average Bonchev–Trinajstić information content (AvgIpc) is 0.798. The third kappa shape index (κ3) is 46.1. The van der Waals surface area contributed by atoms with Gasteiger partial charge in [0.2, 0.25) is 35.4 Å². The van der Waals surface area contributed by atoms with Gasteiger partial charge >= 0.3 is 53.7 Å². The molecule has 46 nitrogen and oxygen atoms in total. The van der Waals surface area contributed by atoms with Gasteiger partial charge in [0.25, 0.3) is 0 Å². The molecule has 6 amide bonds. The van der Waals surface area contributed by atoms with Gasteiger partial charge in [0.1, 0.15) is 56.3 Å². The maximum Gasteiger partial charge on any atom is 0.303 e. The summed E-state index contributed by atoms with van der Waals surface area (Å²) in [4.78, 5) is 183. The van der Waals surface area contributed by atoms with E-state index >= 15 is 0 Å². The highest BCUT2D eigenvalue weighted by molar-refractivity contribution is 5.78. The van der Waals surface area contributed by atoms with E-state index < -0.39 is 189 Å². The third-order valence-corrected chi connectivity index (χ3v) is 16.2. The Bertz CT molecular complexity index is 2840. The van der Waals surface area contributed by atoms with Gasteiger partial charge in [-0.2, -0.15) is 0 Å². The van der Waals surface area contributed by atoms with E-state index in [2.05, 4.69) is 31.9 Å². The fourth-order valence-corrected chi connectivity index (χ4v) is 11.4. The molecule has 46 heteroatoms. The van der Waals surface area contributed by atoms with Crippen molar-refractivity contribution < 1.29 is 186 Å². The van der Waals surface area contributed by atoms with Crippen LogP contribution in [-0.2, 0) is 186 Å². The zero-order valence-corrected chi connectivity index (χ0v) is 69.4. The predicted molar refractivity (Wildman–Crippen MR) is 397 cm³/mol. The minimum absolute atomic E-state index is 0.0000758. The van der Waals surface area contributed by atoms with E-state index in [-0.39, 0.29) is 195 Å². The maximum absolute atomic E-state index is 12.8. The Balaban J connectivity index is 1.46. The van der Waals surface area contributed by atoms with E-state index in [0.717, 1.165) is 62.3 Å². The van der Waals surface area contributed by atoms with Crippen LogP contribution in [0, 0.1) is 0 Å². The first-order valence-electron chi connectivity index (χ1n) is 38.4. The lowest BCUT2D eigenvalue weighted by Gasteiger charge is -2.44. The summed E-state index contributed by atoms with van der Waals surface area (Å²) < 4.78 is 134. The smallest absolute Gasteiger partial charge is 0.303 e. The SMILES string of the molecule is CC(=O)NC1C(OCCOCCOCCNC(=O)CCOCC(N)(COCCC(=O)NCCOCCOCCOC2OC(COC(C)=O)C(OC(C)=O)C(OC(C)=O)C2NC(C)=O)COCCC(=O)NCCOCCOCCOC2OC(COC(C)=O)C(OC(C)=O)C(OC(C)=O)[C@@H]2NC(C)=O)OC(COC(C)=O)C(OC(C)=O)C1OC(C)=O. The fraction of sp³-hybridized carbons (Fsp3) is 0.795. The second-order valence-corrected chi connectivity index (χ2v) is 26.8. The van der Waals surface area contributed by atoms with E-state index in [1.54, 1.807) is 0 Å². The molecule has 3 rings (SSSR count). The molecule has 0 aromatic heterocycles. The Kier molecular flexibility index (Phi) is 52.0. The Morgan fingerprint density at radius 2 is 0.496 bits per heavy atom. The molecular weight excluding hydrogens is 1600 g/mol. The van der Waals surface area contributed by atoms with Crippen molar-refractivity contribution in [1.82, 2.24) is 31.9 Å². The predicted octanol–water partition coefficient (Wildman–Crippen LogP) is -4.63. The van der Waals surface area contributed by atoms with Crippen molar-refractivity contribution in [3.8, 4) is 0 Å². The number of nitrogens with one attached hydrogen (secondary N) is 6. The molecule has 3 aliphatic rings. The van der Waals surface area contributed by atoms with Crippen molar-refractivity contribution in [2.75, 3.05) is 178 Å². The van der Waals surface area contributed by atoms with E-state index in [1.165, 1.54) is 20.8 Å². The van der Waals surface area contributed by atoms with Crippen molar-refractivity contribution in [3.63, 3.8) is 0 Å². The van der Waals surface area contributed by atoms with Crippen LogP contribution in [0.15, 0.2) is 0 Å². The van der Waals surface area contributed by atoms with Crippen LogP contribution in [0.5, 0.6) is 0 Å². The summed E-state index contributed by atoms with van der Waals surface area (Å²) in [6.07, 6.45) is -15.3. The monoisotopic (exact) mass is 1720 g/mol. The Hall–Kier alpha value is -8.59. The summed E-state index contributed by atoms with van der Waals surface area (Å²) >= 11 is 0. The highest BCUT2D eigenvalue weighted by Gasteiger charge is 2.54. The normalized spacial score (nSPS) is 23.1. The number of amides is 6. The molecule has 0 aromatic rings. The summed E-state index contributed by atoms with van der Waals surface area (Å²) in [6.45, 7) is 12.8. The van der Waals surface area contributed by atoms with Crippen molar-refractivity contribution in [2.45, 2.75) is 200 Å². The molecule has 119 heavy (non-hydrogen) atoms. The molecule has 14 unspecified atom stereocenters. The zero-order valence-electron chi connectivity index (χ0n) is 69.4. The highest BCUT2D eigenvalue weighted by atomic mass is 16.7. The Morgan fingerprint density at radius 1 is 0.277 bits per heavy atom. The van der Waals surface area contributed by atoms with Crippen molar-refractivity contribution in [3.05, 3.63) is 0 Å². The lowest BCUT2D eigenvalue weighted by atomic mass is 9.96. The summed E-state index contributed by atoms with van der Waals surface area (Å²) in [5, 5.41) is 16.0. The summed E-state index contributed by atoms with van der Waals surface area (Å²) in [7, 11) is 0. The standard InChI is InChI=1S/C73H119N7O39/c1-43(81)78-61-67(114-52(10)90)64(111-49(7)87)55(37-108-46(4)84)117-70(61)105-34-31-99-28-25-96-22-16-75-58(93)13-19-102-40-73(74,41-103-20-14-59(94)76-17-23-97-26-29-100-32-35-106-71-62(79-44(2)82)68(115-53(11)91)65(112-50(8)88)56(118-71)38-109-47(5)85)42-104-21-15-60(95)77-18-24-98-27-30-101-33-36-107-72-63(80-45(3)83)69(116-54(12)92)66(113-51(9)89)57(119-72)39-110-48(6)86/h55-57,61-72H,13-42,74H2,1-12H3,(H,75,93)(H,76,94)(H,77,95)(H,78,81)(H,79,82)(H,80,83)/t55?,56?,57?,61-,62?,63?,64?,65?,66?,67?,68?,69?,70?,71?,72?,73?/m0/s1. The van der Waals surface area contributed by atoms with Gasteiger partial charge in [-0.25, -0.2) is 0 Å². The molecule has 15 atom stereocenters. The third-order valence-electron chi connectivity index (χ3n) is 16.2. The molecule has 3 aliphatic heterocycles. The van der Waals surface area contributed by atoms with Crippen LogP contribution < -0.4 is 37.6 Å². The minimum atomic E-state index is -1.34. The molecule has 3 heterocycles. The van der Waals surface area contributed by atoms with Gasteiger partial charge in [-0.3, -0.25) is 71.9 Å². The van der Waals surface area contributed by atoms with Gasteiger partial charge in [0, 0.05) is 122 Å². The first-order valence-corrected chi connectivity index (χ1v) is 38.4. The number of esters is 9.